The van der Waals surface area contributed by atoms with Gasteiger partial charge in [-0.1, -0.05) is 85.0 Å². The molecule has 0 fully saturated rings. The van der Waals surface area contributed by atoms with Gasteiger partial charge < -0.3 is 0 Å². The Morgan fingerprint density at radius 1 is 0.529 bits per heavy atom. The van der Waals surface area contributed by atoms with Crippen LogP contribution in [0, 0.1) is 0 Å². The van der Waals surface area contributed by atoms with Gasteiger partial charge in [-0.15, -0.1) is 30.1 Å². The lowest BCUT2D eigenvalue weighted by Gasteiger charge is -1.96. The van der Waals surface area contributed by atoms with Gasteiger partial charge in [-0.25, -0.2) is 0 Å². The van der Waals surface area contributed by atoms with Crippen LogP contribution >= 0.6 is 24.8 Å². The molecule has 0 aliphatic carbocycles. The van der Waals surface area contributed by atoms with E-state index < -0.39 is 0 Å². The molecule has 0 rings (SSSR count). The molecule has 0 bridgehead atoms. The Hall–Kier alpha value is 1.11. The molecular formula is C14H33AlCl2. The van der Waals surface area contributed by atoms with Gasteiger partial charge in [0.2, 0.25) is 0 Å². The zero-order valence-corrected chi connectivity index (χ0v) is 15.0. The molecule has 0 saturated heterocycles. The Kier molecular flexibility index (Phi) is 47.4. The van der Waals surface area contributed by atoms with Crippen molar-refractivity contribution in [3.8, 4) is 0 Å². The predicted octanol–water partition coefficient (Wildman–Crippen LogP) is 6.36. The highest BCUT2D eigenvalue weighted by atomic mass is 35.5. The maximum atomic E-state index is 2.78. The van der Waals surface area contributed by atoms with Crippen LogP contribution in [0.25, 0.3) is 0 Å². The Balaban J connectivity index is -0.0000000945. The lowest BCUT2D eigenvalue weighted by molar-refractivity contribution is 0.624. The molecule has 0 amide bonds. The van der Waals surface area contributed by atoms with Gasteiger partial charge >= 0.3 is 0 Å². The first kappa shape index (κ1) is 26.6. The molecule has 0 saturated carbocycles. The van der Waals surface area contributed by atoms with Crippen molar-refractivity contribution in [2.75, 3.05) is 0 Å². The van der Waals surface area contributed by atoms with E-state index >= 15 is 0 Å². The SMILES string of the molecule is CCCCCC.CCCCCCC[CH2][Al].Cl.Cl. The van der Waals surface area contributed by atoms with Gasteiger partial charge in [-0.3, -0.25) is 0 Å². The number of unbranched alkanes of at least 4 members (excludes halogenated alkanes) is 8. The molecule has 106 valence electrons. The largest absolute Gasteiger partial charge is 0.147 e. The summed E-state index contributed by atoms with van der Waals surface area (Å²) in [6, 6.07) is 0. The van der Waals surface area contributed by atoms with E-state index in [0.29, 0.717) is 0 Å². The number of rotatable bonds is 9. The van der Waals surface area contributed by atoms with E-state index in [1.807, 2.05) is 0 Å². The van der Waals surface area contributed by atoms with Gasteiger partial charge in [-0.05, 0) is 0 Å². The highest BCUT2D eigenvalue weighted by Gasteiger charge is 1.85. The van der Waals surface area contributed by atoms with Gasteiger partial charge in [0.1, 0.15) is 16.3 Å². The standard InChI is InChI=1S/C8H17.C6H14.Al.2ClH/c1-3-5-7-8-6-4-2;1-3-5-6-4-2;;;/h1,3-8H2,2H3;3-6H2,1-2H3;;2*1H. The van der Waals surface area contributed by atoms with E-state index in [0.717, 1.165) is 0 Å². The molecule has 2 radical (unpaired) electrons. The Bertz CT molecular complexity index is 80.3. The highest BCUT2D eigenvalue weighted by Crippen LogP contribution is 2.05. The average Bonchev–Trinajstić information content (AvgIpc) is 2.27. The second kappa shape index (κ2) is 30.3. The molecule has 3 heteroatoms. The van der Waals surface area contributed by atoms with Crippen LogP contribution in [0.5, 0.6) is 0 Å². The first-order valence-corrected chi connectivity index (χ1v) is 7.85. The summed E-state index contributed by atoms with van der Waals surface area (Å²) in [6.07, 6.45) is 14.0. The third-order valence-corrected chi connectivity index (χ3v) is 2.92. The van der Waals surface area contributed by atoms with Crippen molar-refractivity contribution in [2.24, 2.45) is 0 Å². The monoisotopic (exact) mass is 298 g/mol. The van der Waals surface area contributed by atoms with E-state index in [-0.39, 0.29) is 24.8 Å². The Morgan fingerprint density at radius 2 is 0.824 bits per heavy atom. The molecule has 0 unspecified atom stereocenters. The van der Waals surface area contributed by atoms with Crippen molar-refractivity contribution >= 4 is 41.1 Å². The molecule has 0 heterocycles. The lowest BCUT2D eigenvalue weighted by Crippen LogP contribution is -1.77. The summed E-state index contributed by atoms with van der Waals surface area (Å²) in [4.78, 5) is 0. The van der Waals surface area contributed by atoms with Crippen LogP contribution in [-0.4, -0.2) is 16.3 Å². The van der Waals surface area contributed by atoms with Gasteiger partial charge in [0.25, 0.3) is 0 Å². The Morgan fingerprint density at radius 3 is 1.18 bits per heavy atom. The molecule has 17 heavy (non-hydrogen) atoms. The molecule has 0 N–H and O–H groups in total. The molecule has 0 aromatic rings. The summed E-state index contributed by atoms with van der Waals surface area (Å²) in [5.41, 5.74) is 0. The normalized spacial score (nSPS) is 8.41. The van der Waals surface area contributed by atoms with Crippen molar-refractivity contribution < 1.29 is 0 Å². The third-order valence-electron chi connectivity index (χ3n) is 2.51. The van der Waals surface area contributed by atoms with Crippen LogP contribution in [0.1, 0.15) is 85.0 Å². The van der Waals surface area contributed by atoms with Crippen molar-refractivity contribution in [2.45, 2.75) is 90.3 Å². The highest BCUT2D eigenvalue weighted by molar-refractivity contribution is 6.08. The van der Waals surface area contributed by atoms with Gasteiger partial charge in [0.05, 0.1) is 0 Å². The maximum Gasteiger partial charge on any atom is 0.118 e. The zero-order valence-electron chi connectivity index (χ0n) is 12.2. The van der Waals surface area contributed by atoms with E-state index in [9.17, 15) is 0 Å². The summed E-state index contributed by atoms with van der Waals surface area (Å²) in [7, 11) is 0. The topological polar surface area (TPSA) is 0 Å². The van der Waals surface area contributed by atoms with Gasteiger partial charge in [0, 0.05) is 0 Å². The van der Waals surface area contributed by atoms with Crippen molar-refractivity contribution in [3.05, 3.63) is 0 Å². The smallest absolute Gasteiger partial charge is 0.118 e. The summed E-state index contributed by atoms with van der Waals surface area (Å²) in [5.74, 6) is 0. The first-order chi connectivity index (χ1) is 7.33. The van der Waals surface area contributed by atoms with Crippen molar-refractivity contribution in [3.63, 3.8) is 0 Å². The second-order valence-corrected chi connectivity index (χ2v) is 4.84. The maximum absolute atomic E-state index is 2.78. The minimum absolute atomic E-state index is 0. The summed E-state index contributed by atoms with van der Waals surface area (Å²) in [6.45, 7) is 6.72. The summed E-state index contributed by atoms with van der Waals surface area (Å²) >= 11 is 2.78. The Labute approximate surface area is 131 Å². The van der Waals surface area contributed by atoms with Crippen LogP contribution < -0.4 is 0 Å². The second-order valence-electron chi connectivity index (χ2n) is 4.26. The van der Waals surface area contributed by atoms with E-state index in [1.165, 1.54) is 69.5 Å². The van der Waals surface area contributed by atoms with Crippen molar-refractivity contribution in [1.29, 1.82) is 0 Å². The fourth-order valence-electron chi connectivity index (χ4n) is 1.42. The molecule has 0 nitrogen and oxygen atoms in total. The van der Waals surface area contributed by atoms with Crippen LogP contribution in [0.3, 0.4) is 0 Å². The minimum Gasteiger partial charge on any atom is -0.147 e. The van der Waals surface area contributed by atoms with Crippen LogP contribution in [0.15, 0.2) is 0 Å². The minimum atomic E-state index is 0. The lowest BCUT2D eigenvalue weighted by atomic mass is 10.1. The molecule has 0 aromatic carbocycles. The number of halogens is 2. The van der Waals surface area contributed by atoms with Crippen LogP contribution in [0.2, 0.25) is 5.28 Å². The van der Waals surface area contributed by atoms with Gasteiger partial charge in [0.15, 0.2) is 0 Å². The molecular weight excluding hydrogens is 266 g/mol. The third kappa shape index (κ3) is 38.2. The quantitative estimate of drug-likeness (QED) is 0.343. The summed E-state index contributed by atoms with van der Waals surface area (Å²) < 4.78 is 0. The fraction of sp³-hybridized carbons (Fsp3) is 1.00. The van der Waals surface area contributed by atoms with Crippen LogP contribution in [-0.2, 0) is 0 Å². The van der Waals surface area contributed by atoms with E-state index in [2.05, 4.69) is 37.1 Å². The van der Waals surface area contributed by atoms with E-state index in [1.54, 1.807) is 0 Å². The number of hydrogen-bond acceptors (Lipinski definition) is 0. The number of hydrogen-bond donors (Lipinski definition) is 0. The first-order valence-electron chi connectivity index (χ1n) is 7.03. The molecule has 0 aliphatic heterocycles. The summed E-state index contributed by atoms with van der Waals surface area (Å²) in [5, 5.41) is 1.28. The molecule has 0 spiro atoms. The predicted molar refractivity (Wildman–Crippen MR) is 88.2 cm³/mol. The van der Waals surface area contributed by atoms with Crippen LogP contribution in [0.4, 0.5) is 0 Å². The average molecular weight is 299 g/mol. The van der Waals surface area contributed by atoms with Crippen molar-refractivity contribution in [1.82, 2.24) is 0 Å². The molecule has 0 atom stereocenters. The fourth-order valence-corrected chi connectivity index (χ4v) is 1.71. The zero-order chi connectivity index (χ0) is 11.8. The van der Waals surface area contributed by atoms with E-state index in [4.69, 9.17) is 0 Å². The van der Waals surface area contributed by atoms with Gasteiger partial charge in [-0.2, -0.15) is 0 Å². The molecule has 0 aliphatic rings. The molecule has 0 aromatic heterocycles.